The molecule has 8 heteroatoms. The molecule has 0 bridgehead atoms. The van der Waals surface area contributed by atoms with Gasteiger partial charge >= 0.3 is 92.3 Å². The molecule has 0 aliphatic rings. The molecule has 0 unspecified atom stereocenters. The van der Waals surface area contributed by atoms with Crippen molar-refractivity contribution in [1.29, 1.82) is 0 Å². The molecule has 0 saturated carbocycles. The van der Waals surface area contributed by atoms with Crippen LogP contribution in [0.1, 0.15) is 0 Å². The number of hydrogen-bond donors (Lipinski definition) is 0. The first kappa shape index (κ1) is 16.5. The summed E-state index contributed by atoms with van der Waals surface area (Å²) in [6.07, 6.45) is 0. The standard InChI is InChI=1S/Mo.2Na.5O/q;2*+1;;;;2*-1. The van der Waals surface area contributed by atoms with Gasteiger partial charge < -0.3 is 0 Å². The molecular weight excluding hydrogens is 222 g/mol. The fraction of sp³-hybridized carbons (Fsp3) is 0. The van der Waals surface area contributed by atoms with Gasteiger partial charge in [-0.25, -0.2) is 0 Å². The molecule has 0 aromatic heterocycles. The molecule has 0 rings (SSSR count). The molecule has 0 radical (unpaired) electrons. The van der Waals surface area contributed by atoms with E-state index in [0.29, 0.717) is 0 Å². The Kier molecular flexibility index (Phi) is 8.28. The minimum atomic E-state index is -7.87. The molecule has 0 aliphatic carbocycles. The average molecular weight is 222 g/mol. The van der Waals surface area contributed by atoms with Crippen LogP contribution in [0, 0.1) is 0 Å². The van der Waals surface area contributed by atoms with Crippen molar-refractivity contribution in [2.45, 2.75) is 0 Å². The molecule has 0 atom stereocenters. The predicted molar refractivity (Wildman–Crippen MR) is 2.06 cm³/mol. The normalized spacial score (nSPS) is 10.9. The second kappa shape index (κ2) is 4.01. The van der Waals surface area contributed by atoms with E-state index >= 15 is 0 Å². The summed E-state index contributed by atoms with van der Waals surface area (Å²) >= 11 is -7.87. The van der Waals surface area contributed by atoms with E-state index in [1.54, 1.807) is 0 Å². The van der Waals surface area contributed by atoms with Crippen LogP contribution >= 0.6 is 0 Å². The van der Waals surface area contributed by atoms with E-state index in [0.717, 1.165) is 0 Å². The van der Waals surface area contributed by atoms with Gasteiger partial charge in [-0.05, 0) is 0 Å². The van der Waals surface area contributed by atoms with Crippen LogP contribution in [0.3, 0.4) is 0 Å². The molecule has 0 saturated heterocycles. The summed E-state index contributed by atoms with van der Waals surface area (Å²) < 4.78 is 43.3. The van der Waals surface area contributed by atoms with Crippen molar-refractivity contribution in [3.05, 3.63) is 0 Å². The summed E-state index contributed by atoms with van der Waals surface area (Å²) in [5.41, 5.74) is 0. The topological polar surface area (TPSA) is 97.3 Å². The van der Waals surface area contributed by atoms with Gasteiger partial charge in [0.25, 0.3) is 0 Å². The van der Waals surface area contributed by atoms with E-state index in [1.807, 2.05) is 0 Å². The molecular formula is MoNa2O5. The molecule has 8 heavy (non-hydrogen) atoms. The first-order valence-corrected chi connectivity index (χ1v) is 4.93. The van der Waals surface area contributed by atoms with Crippen molar-refractivity contribution in [2.24, 2.45) is 0 Å². The van der Waals surface area contributed by atoms with Crippen molar-refractivity contribution >= 4 is 0 Å². The minimum absolute atomic E-state index is 0. The Morgan fingerprint density at radius 1 is 0.875 bits per heavy atom. The van der Waals surface area contributed by atoms with Crippen molar-refractivity contribution in [2.75, 3.05) is 0 Å². The second-order valence-corrected chi connectivity index (χ2v) is 4.03. The van der Waals surface area contributed by atoms with Crippen LogP contribution in [0.25, 0.3) is 0 Å². The average Bonchev–Trinajstić information content (AvgIpc) is 0.650. The molecule has 0 spiro atoms. The monoisotopic (exact) mass is 224 g/mol. The number of rotatable bonds is 0. The molecule has 0 aromatic carbocycles. The summed E-state index contributed by atoms with van der Waals surface area (Å²) in [5.74, 6) is 0. The number of hydrogen-bond acceptors (Lipinski definition) is 5. The Bertz CT molecular complexity index is 189. The zero-order valence-corrected chi connectivity index (χ0v) is 10.5. The fourth-order valence-electron chi connectivity index (χ4n) is 0. The Labute approximate surface area is 90.7 Å². The van der Waals surface area contributed by atoms with E-state index in [-0.39, 0.29) is 59.1 Å². The molecule has 0 aliphatic heterocycles. The Hall–Kier alpha value is 2.01. The van der Waals surface area contributed by atoms with E-state index < -0.39 is 15.5 Å². The quantitative estimate of drug-likeness (QED) is 0.379. The fourth-order valence-corrected chi connectivity index (χ4v) is 0. The third kappa shape index (κ3) is 97.5. The molecule has 0 N–H and O–H groups in total. The molecule has 38 valence electrons. The summed E-state index contributed by atoms with van der Waals surface area (Å²) in [6, 6.07) is 0. The van der Waals surface area contributed by atoms with E-state index in [4.69, 9.17) is 17.7 Å². The second-order valence-electron chi connectivity index (χ2n) is 0.680. The van der Waals surface area contributed by atoms with Crippen LogP contribution in [0.4, 0.5) is 0 Å². The molecule has 0 aromatic rings. The zero-order chi connectivity index (χ0) is 5.45. The maximum absolute atomic E-state index is 8.65. The predicted octanol–water partition coefficient (Wildman–Crippen LogP) is -8.73. The summed E-state index contributed by atoms with van der Waals surface area (Å²) in [5, 5.41) is 0. The van der Waals surface area contributed by atoms with Crippen molar-refractivity contribution < 1.29 is 92.3 Å². The Morgan fingerprint density at radius 2 is 0.875 bits per heavy atom. The Balaban J connectivity index is -0.000000125. The van der Waals surface area contributed by atoms with Gasteiger partial charge in [0.1, 0.15) is 0 Å². The summed E-state index contributed by atoms with van der Waals surface area (Å²) in [6.45, 7) is 0. The van der Waals surface area contributed by atoms with E-state index in [2.05, 4.69) is 0 Å². The molecule has 0 fully saturated rings. The Morgan fingerprint density at radius 3 is 0.875 bits per heavy atom. The maximum atomic E-state index is 8.65. The van der Waals surface area contributed by atoms with Crippen LogP contribution in [0.2, 0.25) is 0 Å². The van der Waals surface area contributed by atoms with Gasteiger partial charge in [0.2, 0.25) is 0 Å². The zero-order valence-electron chi connectivity index (χ0n) is 4.45. The molecule has 0 amide bonds. The van der Waals surface area contributed by atoms with Gasteiger partial charge in [0, 0.05) is 0 Å². The third-order valence-electron chi connectivity index (χ3n) is 0. The van der Waals surface area contributed by atoms with E-state index in [9.17, 15) is 0 Å². The summed E-state index contributed by atoms with van der Waals surface area (Å²) in [7, 11) is 0. The molecule has 5 nitrogen and oxygen atoms in total. The van der Waals surface area contributed by atoms with Gasteiger partial charge in [-0.2, -0.15) is 0 Å². The van der Waals surface area contributed by atoms with Crippen LogP contribution in [0.15, 0.2) is 0 Å². The van der Waals surface area contributed by atoms with E-state index in [1.165, 1.54) is 0 Å². The van der Waals surface area contributed by atoms with Gasteiger partial charge in [0.15, 0.2) is 0 Å². The third-order valence-corrected chi connectivity index (χ3v) is 0. The van der Waals surface area contributed by atoms with Gasteiger partial charge in [-0.3, -0.25) is 0 Å². The van der Waals surface area contributed by atoms with Gasteiger partial charge in [-0.15, -0.1) is 0 Å². The van der Waals surface area contributed by atoms with Gasteiger partial charge in [0.05, 0.1) is 0 Å². The van der Waals surface area contributed by atoms with Gasteiger partial charge in [-0.1, -0.05) is 0 Å². The first-order valence-electron chi connectivity index (χ1n) is 0.833. The SMILES string of the molecule is [Na+].[Na+].[O]=[Mo](=[O])(=[O])([O-])[O-]. The van der Waals surface area contributed by atoms with Crippen LogP contribution in [-0.2, 0) is 25.7 Å². The van der Waals surface area contributed by atoms with Crippen molar-refractivity contribution in [3.63, 3.8) is 0 Å². The van der Waals surface area contributed by atoms with Crippen molar-refractivity contribution in [3.8, 4) is 0 Å². The summed E-state index contributed by atoms with van der Waals surface area (Å²) in [4.78, 5) is 0. The van der Waals surface area contributed by atoms with Crippen molar-refractivity contribution in [1.82, 2.24) is 0 Å². The first-order chi connectivity index (χ1) is 2.24. The van der Waals surface area contributed by atoms with Crippen LogP contribution in [-0.4, -0.2) is 0 Å². The van der Waals surface area contributed by atoms with Crippen LogP contribution in [0.5, 0.6) is 0 Å². The van der Waals surface area contributed by atoms with Crippen LogP contribution < -0.4 is 66.6 Å². The molecule has 0 heterocycles.